The Balaban J connectivity index is 1.47. The number of para-hydroxylation sites is 1. The maximum Gasteiger partial charge on any atom is 0.255 e. The van der Waals surface area contributed by atoms with E-state index in [1.54, 1.807) is 42.5 Å². The van der Waals surface area contributed by atoms with Gasteiger partial charge in [0, 0.05) is 6.54 Å². The minimum atomic E-state index is -3.87. The highest BCUT2D eigenvalue weighted by molar-refractivity contribution is 7.90. The van der Waals surface area contributed by atoms with Gasteiger partial charge in [-0.25, -0.2) is 12.8 Å². The minimum Gasteiger partial charge on any atom is -0.496 e. The van der Waals surface area contributed by atoms with Crippen molar-refractivity contribution in [2.24, 2.45) is 0 Å². The second-order valence-electron chi connectivity index (χ2n) is 9.32. The SMILES string of the molecule is COc1ccccc1C(=O)NCCCc1cccc(CS(=O)(=O)c2cc(-c3c(F)cccc3OC)ccc2OC)c1. The first-order valence-electron chi connectivity index (χ1n) is 13.0. The summed E-state index contributed by atoms with van der Waals surface area (Å²) in [4.78, 5) is 12.5. The van der Waals surface area contributed by atoms with Gasteiger partial charge in [0.15, 0.2) is 9.84 Å². The van der Waals surface area contributed by atoms with Gasteiger partial charge in [-0.3, -0.25) is 4.79 Å². The molecule has 0 aliphatic rings. The Morgan fingerprint density at radius 2 is 1.46 bits per heavy atom. The zero-order valence-corrected chi connectivity index (χ0v) is 24.0. The molecule has 0 aromatic heterocycles. The fourth-order valence-electron chi connectivity index (χ4n) is 4.62. The van der Waals surface area contributed by atoms with E-state index in [2.05, 4.69) is 5.32 Å². The lowest BCUT2D eigenvalue weighted by Gasteiger charge is -2.14. The molecule has 0 spiro atoms. The molecule has 0 atom stereocenters. The van der Waals surface area contributed by atoms with Crippen molar-refractivity contribution in [2.45, 2.75) is 23.5 Å². The van der Waals surface area contributed by atoms with Crippen LogP contribution >= 0.6 is 0 Å². The molecule has 4 aromatic carbocycles. The molecule has 4 aromatic rings. The summed E-state index contributed by atoms with van der Waals surface area (Å²) in [5.41, 5.74) is 2.56. The summed E-state index contributed by atoms with van der Waals surface area (Å²) < 4.78 is 57.8. The third-order valence-electron chi connectivity index (χ3n) is 6.61. The number of rotatable bonds is 12. The number of hydrogen-bond donors (Lipinski definition) is 1. The molecule has 7 nitrogen and oxygen atoms in total. The minimum absolute atomic E-state index is 0.0349. The van der Waals surface area contributed by atoms with E-state index >= 15 is 0 Å². The highest BCUT2D eigenvalue weighted by Gasteiger charge is 2.23. The third kappa shape index (κ3) is 7.05. The van der Waals surface area contributed by atoms with Crippen LogP contribution in [0.1, 0.15) is 27.9 Å². The maximum absolute atomic E-state index is 14.7. The normalized spacial score (nSPS) is 11.1. The van der Waals surface area contributed by atoms with Crippen LogP contribution in [0, 0.1) is 5.82 Å². The molecule has 0 saturated carbocycles. The van der Waals surface area contributed by atoms with Crippen LogP contribution in [0.4, 0.5) is 4.39 Å². The Morgan fingerprint density at radius 1 is 0.780 bits per heavy atom. The molecule has 0 heterocycles. The predicted molar refractivity (Wildman–Crippen MR) is 156 cm³/mol. The van der Waals surface area contributed by atoms with Crippen molar-refractivity contribution < 1.29 is 31.8 Å². The summed E-state index contributed by atoms with van der Waals surface area (Å²) in [5.74, 6) is -0.0267. The number of benzene rings is 4. The van der Waals surface area contributed by atoms with E-state index in [0.717, 1.165) is 5.56 Å². The van der Waals surface area contributed by atoms with Crippen molar-refractivity contribution in [1.82, 2.24) is 5.32 Å². The molecule has 0 unspecified atom stereocenters. The van der Waals surface area contributed by atoms with Crippen molar-refractivity contribution in [3.8, 4) is 28.4 Å². The van der Waals surface area contributed by atoms with Crippen LogP contribution in [0.3, 0.4) is 0 Å². The first kappa shape index (κ1) is 29.6. The molecule has 214 valence electrons. The second kappa shape index (κ2) is 13.3. The quantitative estimate of drug-likeness (QED) is 0.212. The number of nitrogens with one attached hydrogen (secondary N) is 1. The van der Waals surface area contributed by atoms with Crippen LogP contribution in [-0.4, -0.2) is 42.2 Å². The number of carbonyl (C=O) groups excluding carboxylic acids is 1. The first-order valence-corrected chi connectivity index (χ1v) is 14.7. The predicted octanol–water partition coefficient (Wildman–Crippen LogP) is 5.86. The number of aryl methyl sites for hydroxylation is 1. The number of ether oxygens (including phenoxy) is 3. The van der Waals surface area contributed by atoms with Crippen LogP contribution < -0.4 is 19.5 Å². The zero-order valence-electron chi connectivity index (χ0n) is 23.1. The average Bonchev–Trinajstić information content (AvgIpc) is 2.98. The van der Waals surface area contributed by atoms with Crippen LogP contribution in [0.15, 0.2) is 89.8 Å². The van der Waals surface area contributed by atoms with Gasteiger partial charge >= 0.3 is 0 Å². The van der Waals surface area contributed by atoms with Gasteiger partial charge < -0.3 is 19.5 Å². The Labute approximate surface area is 239 Å². The summed E-state index contributed by atoms with van der Waals surface area (Å²) >= 11 is 0. The number of amides is 1. The molecule has 41 heavy (non-hydrogen) atoms. The van der Waals surface area contributed by atoms with Gasteiger partial charge in [-0.05, 0) is 65.9 Å². The molecule has 1 amide bonds. The van der Waals surface area contributed by atoms with Gasteiger partial charge in [-0.15, -0.1) is 0 Å². The average molecular weight is 578 g/mol. The summed E-state index contributed by atoms with van der Waals surface area (Å²) in [6.45, 7) is 0.447. The number of carbonyl (C=O) groups is 1. The Bertz CT molecular complexity index is 1640. The lowest BCUT2D eigenvalue weighted by atomic mass is 10.0. The van der Waals surface area contributed by atoms with E-state index in [0.29, 0.717) is 47.6 Å². The molecule has 0 fully saturated rings. The number of sulfone groups is 1. The molecule has 9 heteroatoms. The standard InChI is InChI=1S/C32H32FNO6S/c1-38-27-14-5-4-12-25(27)32(35)34-18-8-11-22-9-6-10-23(19-22)21-41(36,37)30-20-24(16-17-28(30)39-2)31-26(33)13-7-15-29(31)40-3/h4-7,9-10,12-17,19-20H,8,11,18,21H2,1-3H3,(H,34,35). The molecule has 0 bridgehead atoms. The fourth-order valence-corrected chi connectivity index (χ4v) is 6.16. The first-order chi connectivity index (χ1) is 19.8. The van der Waals surface area contributed by atoms with Gasteiger partial charge in [0.05, 0.1) is 38.2 Å². The smallest absolute Gasteiger partial charge is 0.255 e. The molecule has 0 radical (unpaired) electrons. The highest BCUT2D eigenvalue weighted by Crippen LogP contribution is 2.37. The van der Waals surface area contributed by atoms with Crippen molar-refractivity contribution in [3.63, 3.8) is 0 Å². The summed E-state index contributed by atoms with van der Waals surface area (Å²) in [6.07, 6.45) is 1.31. The van der Waals surface area contributed by atoms with Gasteiger partial charge in [0.25, 0.3) is 5.91 Å². The molecule has 0 aliphatic carbocycles. The molecule has 0 aliphatic heterocycles. The van der Waals surface area contributed by atoms with Crippen LogP contribution in [0.2, 0.25) is 0 Å². The van der Waals surface area contributed by atoms with Crippen LogP contribution in [0.5, 0.6) is 17.2 Å². The van der Waals surface area contributed by atoms with Crippen molar-refractivity contribution in [3.05, 3.63) is 107 Å². The number of methoxy groups -OCH3 is 3. The summed E-state index contributed by atoms with van der Waals surface area (Å²) in [7, 11) is 0.479. The lowest BCUT2D eigenvalue weighted by molar-refractivity contribution is 0.0950. The van der Waals surface area contributed by atoms with Crippen molar-refractivity contribution in [1.29, 1.82) is 0 Å². The Kier molecular flexibility index (Phi) is 9.62. The molecule has 4 rings (SSSR count). The third-order valence-corrected chi connectivity index (χ3v) is 8.31. The highest BCUT2D eigenvalue weighted by atomic mass is 32.2. The number of halogens is 1. The van der Waals surface area contributed by atoms with E-state index in [1.165, 1.54) is 45.6 Å². The van der Waals surface area contributed by atoms with E-state index in [-0.39, 0.29) is 27.9 Å². The largest absolute Gasteiger partial charge is 0.496 e. The topological polar surface area (TPSA) is 90.9 Å². The van der Waals surface area contributed by atoms with Crippen LogP contribution in [-0.2, 0) is 22.0 Å². The Hall–Kier alpha value is -4.37. The molecule has 1 N–H and O–H groups in total. The van der Waals surface area contributed by atoms with E-state index in [9.17, 15) is 17.6 Å². The zero-order chi connectivity index (χ0) is 29.4. The maximum atomic E-state index is 14.7. The van der Waals surface area contributed by atoms with Gasteiger partial charge in [-0.1, -0.05) is 48.5 Å². The molecular weight excluding hydrogens is 545 g/mol. The van der Waals surface area contributed by atoms with Gasteiger partial charge in [-0.2, -0.15) is 0 Å². The molecular formula is C32H32FNO6S. The van der Waals surface area contributed by atoms with Crippen molar-refractivity contribution in [2.75, 3.05) is 27.9 Å². The van der Waals surface area contributed by atoms with Gasteiger partial charge in [0.2, 0.25) is 0 Å². The molecule has 0 saturated heterocycles. The van der Waals surface area contributed by atoms with Crippen LogP contribution in [0.25, 0.3) is 11.1 Å². The summed E-state index contributed by atoms with van der Waals surface area (Å²) in [6, 6.07) is 23.3. The summed E-state index contributed by atoms with van der Waals surface area (Å²) in [5, 5.41) is 2.90. The fraction of sp³-hybridized carbons (Fsp3) is 0.219. The second-order valence-corrected chi connectivity index (χ2v) is 11.3. The van der Waals surface area contributed by atoms with Gasteiger partial charge in [0.1, 0.15) is 28.0 Å². The van der Waals surface area contributed by atoms with E-state index in [4.69, 9.17) is 14.2 Å². The monoisotopic (exact) mass is 577 g/mol. The Morgan fingerprint density at radius 3 is 2.22 bits per heavy atom. The number of hydrogen-bond acceptors (Lipinski definition) is 6. The van der Waals surface area contributed by atoms with E-state index < -0.39 is 15.7 Å². The van der Waals surface area contributed by atoms with E-state index in [1.807, 2.05) is 18.2 Å². The van der Waals surface area contributed by atoms with Crippen molar-refractivity contribution >= 4 is 15.7 Å². The lowest BCUT2D eigenvalue weighted by Crippen LogP contribution is -2.25.